The van der Waals surface area contributed by atoms with Crippen LogP contribution in [0.4, 0.5) is 24.7 Å². The van der Waals surface area contributed by atoms with Crippen LogP contribution in [0.15, 0.2) is 59.5 Å². The Labute approximate surface area is 245 Å². The maximum Gasteiger partial charge on any atom is 0.251 e. The van der Waals surface area contributed by atoms with Crippen molar-refractivity contribution in [3.63, 3.8) is 0 Å². The molecule has 0 radical (unpaired) electrons. The van der Waals surface area contributed by atoms with Gasteiger partial charge in [0, 0.05) is 41.8 Å². The third-order valence-electron chi connectivity index (χ3n) is 8.09. The summed E-state index contributed by atoms with van der Waals surface area (Å²) < 4.78 is 42.3. The van der Waals surface area contributed by atoms with Crippen LogP contribution in [-0.4, -0.2) is 52.1 Å². The van der Waals surface area contributed by atoms with Crippen molar-refractivity contribution in [1.29, 1.82) is 0 Å². The summed E-state index contributed by atoms with van der Waals surface area (Å²) in [6, 6.07) is 2.47. The zero-order chi connectivity index (χ0) is 29.4. The van der Waals surface area contributed by atoms with Gasteiger partial charge < -0.3 is 5.32 Å². The standard InChI is InChI=1S/C29H30ClF3N4O3S/c1-28(12-3-2-7-22(28)30)25(26(39)35-19-10-13-29(32,33)14-11-19)36(20-6-4-5-18(31)15-20)27(40)21-8-9-24(38)37(21)23-16-41-17-34-23/h2-7,12,15-17,19,21-22,25H,8-11,13-14H2,1H3,(H,35,39)/t21-,22?,25+,28?/m0/s1. The van der Waals surface area contributed by atoms with Gasteiger partial charge in [0.15, 0.2) is 0 Å². The van der Waals surface area contributed by atoms with Crippen LogP contribution in [0.1, 0.15) is 45.4 Å². The topological polar surface area (TPSA) is 82.6 Å². The second kappa shape index (κ2) is 11.6. The summed E-state index contributed by atoms with van der Waals surface area (Å²) >= 11 is 8.07. The summed E-state index contributed by atoms with van der Waals surface area (Å²) in [5, 5.41) is 3.80. The number of benzene rings is 1. The molecule has 0 spiro atoms. The fourth-order valence-corrected chi connectivity index (χ4v) is 6.63. The average molecular weight is 607 g/mol. The van der Waals surface area contributed by atoms with Gasteiger partial charge in [-0.25, -0.2) is 18.2 Å². The Morgan fingerprint density at radius 1 is 1.22 bits per heavy atom. The Balaban J connectivity index is 1.58. The first-order valence-corrected chi connectivity index (χ1v) is 14.9. The third-order valence-corrected chi connectivity index (χ3v) is 9.28. The molecule has 1 saturated carbocycles. The van der Waals surface area contributed by atoms with Crippen LogP contribution in [-0.2, 0) is 14.4 Å². The summed E-state index contributed by atoms with van der Waals surface area (Å²) in [5.41, 5.74) is 0.473. The fourth-order valence-electron chi connectivity index (χ4n) is 5.83. The molecule has 4 atom stereocenters. The Hall–Kier alpha value is -3.18. The highest BCUT2D eigenvalue weighted by Gasteiger charge is 2.51. The molecule has 1 N–H and O–H groups in total. The molecule has 41 heavy (non-hydrogen) atoms. The van der Waals surface area contributed by atoms with Crippen molar-refractivity contribution in [2.75, 3.05) is 9.80 Å². The number of nitrogens with one attached hydrogen (secondary N) is 1. The number of aromatic nitrogens is 1. The van der Waals surface area contributed by atoms with Gasteiger partial charge in [-0.3, -0.25) is 24.2 Å². The van der Waals surface area contributed by atoms with Gasteiger partial charge in [0.05, 0.1) is 10.9 Å². The smallest absolute Gasteiger partial charge is 0.251 e. The lowest BCUT2D eigenvalue weighted by Crippen LogP contribution is -2.63. The lowest BCUT2D eigenvalue weighted by Gasteiger charge is -2.45. The van der Waals surface area contributed by atoms with Crippen molar-refractivity contribution in [2.45, 2.75) is 74.9 Å². The van der Waals surface area contributed by atoms with E-state index in [0.29, 0.717) is 5.82 Å². The van der Waals surface area contributed by atoms with Crippen LogP contribution in [0, 0.1) is 11.2 Å². The number of nitrogens with zero attached hydrogens (tertiary/aromatic N) is 3. The molecule has 1 saturated heterocycles. The molecule has 12 heteroatoms. The predicted molar refractivity (Wildman–Crippen MR) is 152 cm³/mol. The second-order valence-corrected chi connectivity index (χ2v) is 12.1. The van der Waals surface area contributed by atoms with Crippen molar-refractivity contribution < 1.29 is 27.6 Å². The highest BCUT2D eigenvalue weighted by molar-refractivity contribution is 7.07. The van der Waals surface area contributed by atoms with E-state index in [1.54, 1.807) is 42.1 Å². The maximum absolute atomic E-state index is 14.6. The first-order chi connectivity index (χ1) is 19.5. The molecule has 7 nitrogen and oxygen atoms in total. The van der Waals surface area contributed by atoms with Gasteiger partial charge in [0.25, 0.3) is 5.91 Å². The molecule has 2 unspecified atom stereocenters. The number of allylic oxidation sites excluding steroid dienone is 3. The summed E-state index contributed by atoms with van der Waals surface area (Å²) in [5.74, 6) is -4.59. The van der Waals surface area contributed by atoms with Gasteiger partial charge in [-0.05, 0) is 37.5 Å². The van der Waals surface area contributed by atoms with Gasteiger partial charge in [-0.1, -0.05) is 37.3 Å². The molecule has 3 aliphatic rings. The Morgan fingerprint density at radius 3 is 2.63 bits per heavy atom. The molecule has 2 fully saturated rings. The van der Waals surface area contributed by atoms with E-state index in [-0.39, 0.29) is 50.1 Å². The second-order valence-electron chi connectivity index (χ2n) is 10.9. The van der Waals surface area contributed by atoms with E-state index in [0.717, 1.165) is 6.07 Å². The molecule has 218 valence electrons. The molecular weight excluding hydrogens is 577 g/mol. The number of carbonyl (C=O) groups is 3. The monoisotopic (exact) mass is 606 g/mol. The van der Waals surface area contributed by atoms with Crippen LogP contribution in [0.25, 0.3) is 0 Å². The number of anilines is 2. The minimum Gasteiger partial charge on any atom is -0.352 e. The Morgan fingerprint density at radius 2 is 1.98 bits per heavy atom. The average Bonchev–Trinajstić information content (AvgIpc) is 3.59. The van der Waals surface area contributed by atoms with Crippen molar-refractivity contribution in [2.24, 2.45) is 5.41 Å². The van der Waals surface area contributed by atoms with Gasteiger partial charge in [-0.15, -0.1) is 22.9 Å². The molecule has 2 aromatic rings. The molecule has 2 heterocycles. The minimum atomic E-state index is -2.79. The lowest BCUT2D eigenvalue weighted by atomic mass is 9.74. The van der Waals surface area contributed by atoms with E-state index in [1.807, 2.05) is 0 Å². The molecule has 0 bridgehead atoms. The minimum absolute atomic E-state index is 0.0743. The maximum atomic E-state index is 14.6. The van der Waals surface area contributed by atoms with E-state index < -0.39 is 52.5 Å². The van der Waals surface area contributed by atoms with Crippen LogP contribution in [0.5, 0.6) is 0 Å². The molecule has 1 aliphatic heterocycles. The summed E-state index contributed by atoms with van der Waals surface area (Å²) in [6.07, 6.45) is 6.55. The quantitative estimate of drug-likeness (QED) is 0.415. The van der Waals surface area contributed by atoms with Crippen LogP contribution in [0.3, 0.4) is 0 Å². The summed E-state index contributed by atoms with van der Waals surface area (Å²) in [7, 11) is 0. The first kappa shape index (κ1) is 29.3. The zero-order valence-corrected chi connectivity index (χ0v) is 23.9. The van der Waals surface area contributed by atoms with Crippen molar-refractivity contribution in [3.05, 3.63) is 65.3 Å². The molecule has 3 amide bonds. The number of thiazole rings is 1. The number of amides is 3. The van der Waals surface area contributed by atoms with Crippen LogP contribution in [0.2, 0.25) is 0 Å². The van der Waals surface area contributed by atoms with Crippen LogP contribution < -0.4 is 15.1 Å². The first-order valence-electron chi connectivity index (χ1n) is 13.5. The summed E-state index contributed by atoms with van der Waals surface area (Å²) in [6.45, 7) is 1.72. The normalized spacial score (nSPS) is 26.7. The van der Waals surface area contributed by atoms with E-state index in [2.05, 4.69) is 10.3 Å². The van der Waals surface area contributed by atoms with Crippen LogP contribution >= 0.6 is 22.9 Å². The third kappa shape index (κ3) is 5.92. The van der Waals surface area contributed by atoms with Crippen molar-refractivity contribution in [1.82, 2.24) is 10.3 Å². The number of halogens is 4. The van der Waals surface area contributed by atoms with Gasteiger partial charge in [0.1, 0.15) is 23.7 Å². The SMILES string of the molecule is CC1([C@@H](C(=O)NC2CCC(F)(F)CC2)N(C(=O)[C@@H]2CCC(=O)N2c2cscn2)c2cccc(F)c2)C=CC=CC1Cl. The summed E-state index contributed by atoms with van der Waals surface area (Å²) in [4.78, 5) is 48.4. The largest absolute Gasteiger partial charge is 0.352 e. The number of hydrogen-bond donors (Lipinski definition) is 1. The van der Waals surface area contributed by atoms with E-state index in [9.17, 15) is 27.6 Å². The Kier molecular flexibility index (Phi) is 8.29. The predicted octanol–water partition coefficient (Wildman–Crippen LogP) is 5.61. The fraction of sp³-hybridized carbons (Fsp3) is 0.448. The van der Waals surface area contributed by atoms with E-state index in [1.165, 1.54) is 39.3 Å². The number of alkyl halides is 3. The van der Waals surface area contributed by atoms with Crippen molar-refractivity contribution in [3.8, 4) is 0 Å². The van der Waals surface area contributed by atoms with Crippen molar-refractivity contribution >= 4 is 52.2 Å². The molecule has 1 aromatic heterocycles. The van der Waals surface area contributed by atoms with E-state index in [4.69, 9.17) is 11.6 Å². The number of rotatable bonds is 7. The molecular formula is C29H30ClF3N4O3S. The molecule has 1 aromatic carbocycles. The molecule has 5 rings (SSSR count). The number of hydrogen-bond acceptors (Lipinski definition) is 5. The number of carbonyl (C=O) groups excluding carboxylic acids is 3. The van der Waals surface area contributed by atoms with Gasteiger partial charge in [-0.2, -0.15) is 0 Å². The van der Waals surface area contributed by atoms with Gasteiger partial charge in [0.2, 0.25) is 17.7 Å². The Bertz CT molecular complexity index is 1360. The van der Waals surface area contributed by atoms with E-state index >= 15 is 0 Å². The highest BCUT2D eigenvalue weighted by atomic mass is 35.5. The van der Waals surface area contributed by atoms with Gasteiger partial charge >= 0.3 is 0 Å². The zero-order valence-electron chi connectivity index (χ0n) is 22.3. The molecule has 2 aliphatic carbocycles. The lowest BCUT2D eigenvalue weighted by molar-refractivity contribution is -0.130. The highest BCUT2D eigenvalue weighted by Crippen LogP contribution is 2.42.